The van der Waals surface area contributed by atoms with Crippen LogP contribution in [0.4, 0.5) is 5.69 Å². The van der Waals surface area contributed by atoms with Crippen molar-refractivity contribution in [3.63, 3.8) is 0 Å². The van der Waals surface area contributed by atoms with Crippen LogP contribution in [0.3, 0.4) is 0 Å². The van der Waals surface area contributed by atoms with Crippen molar-refractivity contribution in [1.29, 1.82) is 0 Å². The van der Waals surface area contributed by atoms with E-state index in [4.69, 9.17) is 4.42 Å². The Bertz CT molecular complexity index is 513. The zero-order chi connectivity index (χ0) is 11.8. The Morgan fingerprint density at radius 1 is 1.29 bits per heavy atom. The second-order valence-corrected chi connectivity index (χ2v) is 4.98. The minimum absolute atomic E-state index is 0.0227. The summed E-state index contributed by atoms with van der Waals surface area (Å²) in [5.74, 6) is 0.585. The maximum Gasteiger partial charge on any atom is 0.169 e. The predicted octanol–water partition coefficient (Wildman–Crippen LogP) is 3.11. The monoisotopic (exact) mass is 293 g/mol. The molecular weight excluding hydrogens is 282 g/mol. The minimum atomic E-state index is -0.631. The van der Waals surface area contributed by atoms with Gasteiger partial charge in [-0.2, -0.15) is 0 Å². The first-order valence-corrected chi connectivity index (χ1v) is 6.31. The van der Waals surface area contributed by atoms with Crippen LogP contribution >= 0.6 is 15.9 Å². The standard InChI is InChI=1S/C13H12BrNO2/c14-12-6-5-11(17-12)13(16)10-7-8-3-1-2-4-9(8)15-10/h1-6,10,13,15-16H,7H2. The van der Waals surface area contributed by atoms with E-state index < -0.39 is 6.10 Å². The average Bonchev–Trinajstić information content (AvgIpc) is 2.93. The number of furan rings is 1. The lowest BCUT2D eigenvalue weighted by Gasteiger charge is -2.16. The Labute approximate surface area is 108 Å². The number of benzene rings is 1. The molecule has 0 amide bonds. The van der Waals surface area contributed by atoms with Crippen molar-refractivity contribution in [2.24, 2.45) is 0 Å². The number of hydrogen-bond donors (Lipinski definition) is 2. The van der Waals surface area contributed by atoms with Gasteiger partial charge in [0.2, 0.25) is 0 Å². The molecule has 0 fully saturated rings. The Balaban J connectivity index is 1.80. The molecule has 2 aromatic rings. The summed E-state index contributed by atoms with van der Waals surface area (Å²) < 4.78 is 6.02. The third kappa shape index (κ3) is 1.98. The molecule has 17 heavy (non-hydrogen) atoms. The molecule has 1 aliphatic rings. The summed E-state index contributed by atoms with van der Waals surface area (Å²) in [5.41, 5.74) is 2.34. The summed E-state index contributed by atoms with van der Waals surface area (Å²) in [6.45, 7) is 0. The summed E-state index contributed by atoms with van der Waals surface area (Å²) in [6.07, 6.45) is 0.184. The smallest absolute Gasteiger partial charge is 0.169 e. The van der Waals surface area contributed by atoms with Crippen molar-refractivity contribution in [3.05, 3.63) is 52.4 Å². The first-order chi connectivity index (χ1) is 8.24. The fourth-order valence-electron chi connectivity index (χ4n) is 2.20. The van der Waals surface area contributed by atoms with E-state index in [9.17, 15) is 5.11 Å². The highest BCUT2D eigenvalue weighted by atomic mass is 79.9. The van der Waals surface area contributed by atoms with E-state index in [1.54, 1.807) is 12.1 Å². The molecule has 3 nitrogen and oxygen atoms in total. The lowest BCUT2D eigenvalue weighted by molar-refractivity contribution is 0.129. The van der Waals surface area contributed by atoms with Gasteiger partial charge in [-0.1, -0.05) is 18.2 Å². The summed E-state index contributed by atoms with van der Waals surface area (Å²) in [4.78, 5) is 0. The number of halogens is 1. The summed E-state index contributed by atoms with van der Waals surface area (Å²) in [7, 11) is 0. The van der Waals surface area contributed by atoms with E-state index in [0.29, 0.717) is 10.4 Å². The predicted molar refractivity (Wildman–Crippen MR) is 68.9 cm³/mol. The molecular formula is C13H12BrNO2. The third-order valence-electron chi connectivity index (χ3n) is 3.06. The zero-order valence-corrected chi connectivity index (χ0v) is 10.6. The molecule has 2 unspecified atom stereocenters. The maximum atomic E-state index is 10.2. The van der Waals surface area contributed by atoms with Crippen molar-refractivity contribution in [1.82, 2.24) is 0 Å². The highest BCUT2D eigenvalue weighted by molar-refractivity contribution is 9.10. The molecule has 0 saturated heterocycles. The van der Waals surface area contributed by atoms with E-state index in [1.807, 2.05) is 18.2 Å². The number of rotatable bonds is 2. The highest BCUT2D eigenvalue weighted by Gasteiger charge is 2.29. The van der Waals surface area contributed by atoms with Gasteiger partial charge in [0.25, 0.3) is 0 Å². The number of para-hydroxylation sites is 1. The van der Waals surface area contributed by atoms with Crippen LogP contribution in [0.2, 0.25) is 0 Å². The van der Waals surface area contributed by atoms with Gasteiger partial charge in [-0.05, 0) is 46.1 Å². The largest absolute Gasteiger partial charge is 0.452 e. The first-order valence-electron chi connectivity index (χ1n) is 5.52. The van der Waals surface area contributed by atoms with Gasteiger partial charge in [-0.25, -0.2) is 0 Å². The SMILES string of the molecule is OC(c1ccc(Br)o1)C1Cc2ccccc2N1. The van der Waals surface area contributed by atoms with E-state index in [1.165, 1.54) is 5.56 Å². The molecule has 2 heterocycles. The molecule has 1 aromatic carbocycles. The third-order valence-corrected chi connectivity index (χ3v) is 3.49. The lowest BCUT2D eigenvalue weighted by atomic mass is 10.0. The van der Waals surface area contributed by atoms with Gasteiger partial charge in [0.15, 0.2) is 4.67 Å². The molecule has 0 bridgehead atoms. The molecule has 88 valence electrons. The summed E-state index contributed by atoms with van der Waals surface area (Å²) in [5, 5.41) is 13.5. The molecule has 4 heteroatoms. The van der Waals surface area contributed by atoms with Gasteiger partial charge < -0.3 is 14.8 Å². The van der Waals surface area contributed by atoms with E-state index in [2.05, 4.69) is 27.3 Å². The number of aliphatic hydroxyl groups excluding tert-OH is 1. The number of hydrogen-bond acceptors (Lipinski definition) is 3. The van der Waals surface area contributed by atoms with Crippen LogP contribution in [0.25, 0.3) is 0 Å². The fraction of sp³-hybridized carbons (Fsp3) is 0.231. The molecule has 1 aliphatic heterocycles. The van der Waals surface area contributed by atoms with Gasteiger partial charge >= 0.3 is 0 Å². The van der Waals surface area contributed by atoms with Gasteiger partial charge in [-0.3, -0.25) is 0 Å². The molecule has 0 aliphatic carbocycles. The average molecular weight is 294 g/mol. The molecule has 3 rings (SSSR count). The normalized spacial score (nSPS) is 19.8. The van der Waals surface area contributed by atoms with Crippen molar-refractivity contribution >= 4 is 21.6 Å². The maximum absolute atomic E-state index is 10.2. The van der Waals surface area contributed by atoms with Crippen LogP contribution in [-0.2, 0) is 6.42 Å². The topological polar surface area (TPSA) is 45.4 Å². The van der Waals surface area contributed by atoms with Crippen molar-refractivity contribution in [3.8, 4) is 0 Å². The number of nitrogens with one attached hydrogen (secondary N) is 1. The summed E-state index contributed by atoms with van der Waals surface area (Å²) in [6, 6.07) is 11.7. The van der Waals surface area contributed by atoms with E-state index >= 15 is 0 Å². The Morgan fingerprint density at radius 2 is 2.12 bits per heavy atom. The van der Waals surface area contributed by atoms with Gasteiger partial charge in [0.1, 0.15) is 11.9 Å². The lowest BCUT2D eigenvalue weighted by Crippen LogP contribution is -2.24. The summed E-state index contributed by atoms with van der Waals surface area (Å²) >= 11 is 3.24. The quantitative estimate of drug-likeness (QED) is 0.894. The van der Waals surface area contributed by atoms with E-state index in [0.717, 1.165) is 12.1 Å². The number of fused-ring (bicyclic) bond motifs is 1. The fourth-order valence-corrected chi connectivity index (χ4v) is 2.52. The molecule has 2 atom stereocenters. The van der Waals surface area contributed by atoms with Gasteiger partial charge in [0, 0.05) is 5.69 Å². The van der Waals surface area contributed by atoms with Crippen LogP contribution in [-0.4, -0.2) is 11.1 Å². The number of aliphatic hydroxyl groups is 1. The molecule has 2 N–H and O–H groups in total. The molecule has 1 aromatic heterocycles. The molecule has 0 saturated carbocycles. The second-order valence-electron chi connectivity index (χ2n) is 4.20. The van der Waals surface area contributed by atoms with Crippen molar-refractivity contribution in [2.75, 3.05) is 5.32 Å². The Kier molecular flexibility index (Phi) is 2.68. The van der Waals surface area contributed by atoms with Crippen LogP contribution in [0, 0.1) is 0 Å². The van der Waals surface area contributed by atoms with Crippen molar-refractivity contribution < 1.29 is 9.52 Å². The van der Waals surface area contributed by atoms with Crippen LogP contribution in [0.5, 0.6) is 0 Å². The Hall–Kier alpha value is -1.26. The van der Waals surface area contributed by atoms with Crippen LogP contribution in [0.1, 0.15) is 17.4 Å². The van der Waals surface area contributed by atoms with Crippen molar-refractivity contribution in [2.45, 2.75) is 18.6 Å². The van der Waals surface area contributed by atoms with Gasteiger partial charge in [0.05, 0.1) is 6.04 Å². The van der Waals surface area contributed by atoms with E-state index in [-0.39, 0.29) is 6.04 Å². The second kappa shape index (κ2) is 4.20. The minimum Gasteiger partial charge on any atom is -0.452 e. The zero-order valence-electron chi connectivity index (χ0n) is 9.06. The Morgan fingerprint density at radius 3 is 2.82 bits per heavy atom. The van der Waals surface area contributed by atoms with Gasteiger partial charge in [-0.15, -0.1) is 0 Å². The van der Waals surface area contributed by atoms with Crippen LogP contribution < -0.4 is 5.32 Å². The highest BCUT2D eigenvalue weighted by Crippen LogP contribution is 2.32. The molecule has 0 spiro atoms. The molecule has 0 radical (unpaired) electrons. The first kappa shape index (κ1) is 10.9. The van der Waals surface area contributed by atoms with Crippen LogP contribution in [0.15, 0.2) is 45.5 Å². The number of anilines is 1.